The van der Waals surface area contributed by atoms with Crippen molar-refractivity contribution in [3.63, 3.8) is 0 Å². The van der Waals surface area contributed by atoms with Crippen LogP contribution in [0.25, 0.3) is 0 Å². The van der Waals surface area contributed by atoms with Crippen molar-refractivity contribution < 1.29 is 14.6 Å². The Morgan fingerprint density at radius 3 is 2.11 bits per heavy atom. The third-order valence-electron chi connectivity index (χ3n) is 2.65. The zero-order valence-corrected chi connectivity index (χ0v) is 11.4. The van der Waals surface area contributed by atoms with Gasteiger partial charge in [0.25, 0.3) is 0 Å². The fourth-order valence-corrected chi connectivity index (χ4v) is 1.53. The van der Waals surface area contributed by atoms with E-state index < -0.39 is 12.1 Å². The predicted molar refractivity (Wildman–Crippen MR) is 72.0 cm³/mol. The molecule has 3 nitrogen and oxygen atoms in total. The summed E-state index contributed by atoms with van der Waals surface area (Å²) in [6, 6.07) is 7.48. The highest BCUT2D eigenvalue weighted by Crippen LogP contribution is 2.25. The second-order valence-electron chi connectivity index (χ2n) is 5.46. The number of rotatable bonds is 4. The van der Waals surface area contributed by atoms with Crippen molar-refractivity contribution in [2.24, 2.45) is 0 Å². The number of carbonyl (C=O) groups is 1. The first-order valence-electron chi connectivity index (χ1n) is 5.87. The van der Waals surface area contributed by atoms with Crippen LogP contribution in [-0.4, -0.2) is 17.2 Å². The maximum Gasteiger partial charge on any atom is 0.349 e. The van der Waals surface area contributed by atoms with Gasteiger partial charge in [-0.3, -0.25) is 0 Å². The molecule has 0 aliphatic heterocycles. The van der Waals surface area contributed by atoms with Crippen LogP contribution in [0, 0.1) is 0 Å². The average Bonchev–Trinajstić information content (AvgIpc) is 2.24. The van der Waals surface area contributed by atoms with Crippen molar-refractivity contribution in [2.45, 2.75) is 39.2 Å². The van der Waals surface area contributed by atoms with Crippen LogP contribution in [-0.2, 0) is 10.2 Å². The summed E-state index contributed by atoms with van der Waals surface area (Å²) >= 11 is 0. The maximum absolute atomic E-state index is 11.0. The minimum Gasteiger partial charge on any atom is -0.478 e. The Morgan fingerprint density at radius 1 is 1.28 bits per heavy atom. The highest BCUT2D eigenvalue weighted by atomic mass is 16.5. The normalized spacial score (nSPS) is 12.9. The van der Waals surface area contributed by atoms with Gasteiger partial charge in [0, 0.05) is 0 Å². The lowest BCUT2D eigenvalue weighted by Gasteiger charge is -2.20. The van der Waals surface area contributed by atoms with Gasteiger partial charge in [-0.25, -0.2) is 4.79 Å². The van der Waals surface area contributed by atoms with E-state index in [9.17, 15) is 4.79 Å². The summed E-state index contributed by atoms with van der Waals surface area (Å²) in [5.74, 6) is -0.485. The fourth-order valence-electron chi connectivity index (χ4n) is 1.53. The minimum atomic E-state index is -1.03. The molecular weight excluding hydrogens is 228 g/mol. The highest BCUT2D eigenvalue weighted by molar-refractivity contribution is 5.76. The number of carboxylic acid groups (broad SMARTS) is 1. The fraction of sp³-hybridized carbons (Fsp3) is 0.400. The van der Waals surface area contributed by atoms with Crippen molar-refractivity contribution in [3.05, 3.63) is 42.0 Å². The zero-order valence-electron chi connectivity index (χ0n) is 11.4. The molecule has 0 fully saturated rings. The number of ether oxygens (including phenoxy) is 1. The Balaban J connectivity index is 2.86. The number of hydrogen-bond donors (Lipinski definition) is 1. The van der Waals surface area contributed by atoms with Crippen molar-refractivity contribution in [3.8, 4) is 5.75 Å². The van der Waals surface area contributed by atoms with E-state index in [0.29, 0.717) is 11.3 Å². The lowest BCUT2D eigenvalue weighted by Crippen LogP contribution is -2.27. The van der Waals surface area contributed by atoms with E-state index in [-0.39, 0.29) is 5.41 Å². The molecule has 0 bridgehead atoms. The van der Waals surface area contributed by atoms with Crippen molar-refractivity contribution in [2.75, 3.05) is 0 Å². The van der Waals surface area contributed by atoms with Gasteiger partial charge in [-0.15, -0.1) is 0 Å². The first-order valence-corrected chi connectivity index (χ1v) is 5.87. The molecule has 0 saturated carbocycles. The molecule has 0 aliphatic carbocycles. The monoisotopic (exact) mass is 248 g/mol. The minimum absolute atomic E-state index is 0.0685. The molecule has 0 aliphatic rings. The van der Waals surface area contributed by atoms with E-state index in [0.717, 1.165) is 0 Å². The van der Waals surface area contributed by atoms with E-state index in [4.69, 9.17) is 9.84 Å². The van der Waals surface area contributed by atoms with Crippen LogP contribution in [0.15, 0.2) is 36.4 Å². The Morgan fingerprint density at radius 2 is 1.78 bits per heavy atom. The van der Waals surface area contributed by atoms with Gasteiger partial charge in [0.2, 0.25) is 6.10 Å². The summed E-state index contributed by atoms with van der Waals surface area (Å²) in [4.78, 5) is 11.0. The van der Waals surface area contributed by atoms with Crippen LogP contribution in [0.4, 0.5) is 0 Å². The molecule has 0 aromatic heterocycles. The van der Waals surface area contributed by atoms with E-state index >= 15 is 0 Å². The molecule has 1 aromatic rings. The highest BCUT2D eigenvalue weighted by Gasteiger charge is 2.20. The summed E-state index contributed by atoms with van der Waals surface area (Å²) in [6.07, 6.45) is -0.995. The first kappa shape index (κ1) is 14.3. The summed E-state index contributed by atoms with van der Waals surface area (Å²) in [6.45, 7) is 11.6. The van der Waals surface area contributed by atoms with Crippen LogP contribution in [0.5, 0.6) is 5.75 Å². The number of hydrogen-bond acceptors (Lipinski definition) is 2. The van der Waals surface area contributed by atoms with Gasteiger partial charge in [0.05, 0.1) is 0 Å². The predicted octanol–water partition coefficient (Wildman–Crippen LogP) is 3.39. The maximum atomic E-state index is 11.0. The van der Waals surface area contributed by atoms with Gasteiger partial charge in [0.1, 0.15) is 5.75 Å². The van der Waals surface area contributed by atoms with Gasteiger partial charge in [0.15, 0.2) is 0 Å². The number of benzene rings is 1. The van der Waals surface area contributed by atoms with Crippen molar-refractivity contribution >= 4 is 5.97 Å². The Kier molecular flexibility index (Phi) is 4.17. The molecule has 1 N–H and O–H groups in total. The van der Waals surface area contributed by atoms with Crippen LogP contribution in [0.1, 0.15) is 33.3 Å². The lowest BCUT2D eigenvalue weighted by molar-refractivity contribution is -0.143. The SMILES string of the molecule is C=C(C)C(Oc1ccc(C(C)(C)C)cc1)C(=O)O. The Hall–Kier alpha value is -1.77. The summed E-state index contributed by atoms with van der Waals surface area (Å²) < 4.78 is 5.41. The topological polar surface area (TPSA) is 46.5 Å². The molecule has 1 atom stereocenters. The van der Waals surface area contributed by atoms with E-state index in [1.54, 1.807) is 19.1 Å². The summed E-state index contributed by atoms with van der Waals surface area (Å²) in [5, 5.41) is 9.00. The van der Waals surface area contributed by atoms with E-state index in [1.165, 1.54) is 5.56 Å². The average molecular weight is 248 g/mol. The van der Waals surface area contributed by atoms with Crippen LogP contribution >= 0.6 is 0 Å². The second kappa shape index (κ2) is 5.25. The van der Waals surface area contributed by atoms with Gasteiger partial charge in [-0.1, -0.05) is 39.5 Å². The molecule has 0 heterocycles. The smallest absolute Gasteiger partial charge is 0.349 e. The molecule has 98 valence electrons. The van der Waals surface area contributed by atoms with Gasteiger partial charge in [-0.2, -0.15) is 0 Å². The molecule has 0 radical (unpaired) electrons. The van der Waals surface area contributed by atoms with Gasteiger partial charge < -0.3 is 9.84 Å². The molecule has 0 spiro atoms. The van der Waals surface area contributed by atoms with Crippen LogP contribution in [0.3, 0.4) is 0 Å². The summed E-state index contributed by atoms with van der Waals surface area (Å²) in [5.41, 5.74) is 1.72. The van der Waals surface area contributed by atoms with Crippen LogP contribution in [0.2, 0.25) is 0 Å². The zero-order chi connectivity index (χ0) is 13.9. The molecule has 18 heavy (non-hydrogen) atoms. The molecule has 0 amide bonds. The first-order chi connectivity index (χ1) is 8.21. The second-order valence-corrected chi connectivity index (χ2v) is 5.46. The van der Waals surface area contributed by atoms with Gasteiger partial charge in [-0.05, 0) is 35.6 Å². The summed E-state index contributed by atoms with van der Waals surface area (Å²) in [7, 11) is 0. The molecule has 0 saturated heterocycles. The Bertz CT molecular complexity index is 424. The van der Waals surface area contributed by atoms with E-state index in [2.05, 4.69) is 27.4 Å². The quantitative estimate of drug-likeness (QED) is 0.831. The molecule has 1 aromatic carbocycles. The number of aliphatic carboxylic acids is 1. The lowest BCUT2D eigenvalue weighted by atomic mass is 9.87. The van der Waals surface area contributed by atoms with Crippen molar-refractivity contribution in [1.29, 1.82) is 0 Å². The molecule has 1 unspecified atom stereocenters. The Labute approximate surface area is 108 Å². The third-order valence-corrected chi connectivity index (χ3v) is 2.65. The molecule has 3 heteroatoms. The third kappa shape index (κ3) is 3.62. The van der Waals surface area contributed by atoms with E-state index in [1.807, 2.05) is 12.1 Å². The van der Waals surface area contributed by atoms with Crippen LogP contribution < -0.4 is 4.74 Å². The molecular formula is C15H20O3. The standard InChI is InChI=1S/C15H20O3/c1-10(2)13(14(16)17)18-12-8-6-11(7-9-12)15(3,4)5/h6-9,13H,1H2,2-5H3,(H,16,17). The van der Waals surface area contributed by atoms with Crippen molar-refractivity contribution in [1.82, 2.24) is 0 Å². The molecule has 1 rings (SSSR count). The van der Waals surface area contributed by atoms with Gasteiger partial charge >= 0.3 is 5.97 Å². The number of carboxylic acids is 1. The largest absolute Gasteiger partial charge is 0.478 e.